The first-order valence-corrected chi connectivity index (χ1v) is 3.97. The number of carboxylic acids is 1. The van der Waals surface area contributed by atoms with Crippen LogP contribution in [0.1, 0.15) is 16.5 Å². The Labute approximate surface area is 86.2 Å². The van der Waals surface area contributed by atoms with Gasteiger partial charge in [0.2, 0.25) is 0 Å². The van der Waals surface area contributed by atoms with Gasteiger partial charge in [-0.2, -0.15) is 0 Å². The minimum absolute atomic E-state index is 0.0144. The number of benzene rings is 1. The van der Waals surface area contributed by atoms with Crippen LogP contribution in [-0.4, -0.2) is 21.7 Å². The molecular weight excluding hydrogens is 182 g/mol. The Bertz CT molecular complexity index is 416. The molecule has 0 aliphatic carbocycles. The molecule has 4 heteroatoms. The molecule has 0 amide bonds. The maximum atomic E-state index is 11.0. The van der Waals surface area contributed by atoms with Crippen LogP contribution < -0.4 is 5.73 Å². The first-order chi connectivity index (χ1) is 7.67. The summed E-state index contributed by atoms with van der Waals surface area (Å²) in [6, 6.07) is 5.56. The van der Waals surface area contributed by atoms with E-state index in [9.17, 15) is 4.79 Å². The van der Waals surface area contributed by atoms with E-state index in [1.807, 2.05) is 0 Å². The van der Waals surface area contributed by atoms with Crippen molar-refractivity contribution in [2.24, 2.45) is 5.73 Å². The lowest BCUT2D eigenvalue weighted by Gasteiger charge is -2.18. The van der Waals surface area contributed by atoms with E-state index in [4.69, 9.17) is 20.1 Å². The molecule has 4 N–H and O–H groups in total. The Morgan fingerprint density at radius 2 is 2.14 bits per heavy atom. The molecule has 0 radical (unpaired) electrons. The van der Waals surface area contributed by atoms with Gasteiger partial charge < -0.3 is 15.9 Å². The van der Waals surface area contributed by atoms with Crippen molar-refractivity contribution in [2.45, 2.75) is 18.8 Å². The lowest BCUT2D eigenvalue weighted by Crippen LogP contribution is -2.46. The van der Waals surface area contributed by atoms with Crippen LogP contribution >= 0.6 is 0 Å². The van der Waals surface area contributed by atoms with Gasteiger partial charge in [-0.1, -0.05) is 12.1 Å². The fourth-order valence-electron chi connectivity index (χ4n) is 1.01. The van der Waals surface area contributed by atoms with Gasteiger partial charge in [0.05, 0.1) is 0 Å². The normalized spacial score (nSPS) is 18.8. The minimum Gasteiger partial charge on any atom is -0.508 e. The third-order valence-corrected chi connectivity index (χ3v) is 1.80. The van der Waals surface area contributed by atoms with Crippen LogP contribution in [0.5, 0.6) is 5.75 Å². The zero-order chi connectivity index (χ0) is 13.3. The number of hydrogen-bond donors (Lipinski definition) is 3. The fraction of sp³-hybridized carbons (Fsp3) is 0.300. The molecule has 1 aromatic rings. The fourth-order valence-corrected chi connectivity index (χ4v) is 1.01. The molecule has 0 heterocycles. The van der Waals surface area contributed by atoms with Crippen LogP contribution in [0.15, 0.2) is 24.3 Å². The smallest absolute Gasteiger partial charge is 0.323 e. The van der Waals surface area contributed by atoms with Crippen molar-refractivity contribution in [3.63, 3.8) is 0 Å². The summed E-state index contributed by atoms with van der Waals surface area (Å²) in [7, 11) is 0. The zero-order valence-electron chi connectivity index (χ0n) is 10.4. The van der Waals surface area contributed by atoms with E-state index in [-0.39, 0.29) is 12.2 Å². The molecule has 0 saturated carbocycles. The number of carboxylic acid groups (broad SMARTS) is 1. The van der Waals surface area contributed by atoms with Gasteiger partial charge in [0.25, 0.3) is 0 Å². The van der Waals surface area contributed by atoms with Gasteiger partial charge >= 0.3 is 5.97 Å². The molecule has 76 valence electrons. The standard InChI is InChI=1S/C10H13NO3/c1-10(11,9(13)14)6-7-2-4-8(12)5-3-7/h2-5,12H,6,11H2,1H3,(H,13,14)/t10-/m0/s1/i1D3. The van der Waals surface area contributed by atoms with E-state index >= 15 is 0 Å². The highest BCUT2D eigenvalue weighted by molar-refractivity contribution is 5.78. The van der Waals surface area contributed by atoms with E-state index in [2.05, 4.69) is 0 Å². The van der Waals surface area contributed by atoms with Gasteiger partial charge in [0.15, 0.2) is 0 Å². The highest BCUT2D eigenvalue weighted by atomic mass is 16.4. The number of aromatic hydroxyl groups is 1. The Kier molecular flexibility index (Phi) is 1.79. The average molecular weight is 198 g/mol. The van der Waals surface area contributed by atoms with Crippen molar-refractivity contribution in [3.8, 4) is 5.75 Å². The molecule has 0 aromatic heterocycles. The second kappa shape index (κ2) is 3.67. The number of nitrogens with two attached hydrogens (primary N) is 1. The molecule has 0 aliphatic rings. The van der Waals surface area contributed by atoms with Crippen molar-refractivity contribution in [1.29, 1.82) is 0 Å². The number of hydrogen-bond acceptors (Lipinski definition) is 3. The van der Waals surface area contributed by atoms with Crippen LogP contribution in [0.25, 0.3) is 0 Å². The van der Waals surface area contributed by atoms with E-state index in [0.29, 0.717) is 5.56 Å². The van der Waals surface area contributed by atoms with Gasteiger partial charge in [0, 0.05) is 10.5 Å². The molecule has 0 spiro atoms. The molecule has 14 heavy (non-hydrogen) atoms. The highest BCUT2D eigenvalue weighted by Crippen LogP contribution is 2.14. The number of carbonyl (C=O) groups is 1. The monoisotopic (exact) mass is 198 g/mol. The number of phenols is 1. The SMILES string of the molecule is [2H]C([2H])([2H])[C@](N)(Cc1ccc(O)cc1)C(=O)O. The maximum Gasteiger partial charge on any atom is 0.323 e. The van der Waals surface area contributed by atoms with Crippen molar-refractivity contribution in [1.82, 2.24) is 0 Å². The van der Waals surface area contributed by atoms with E-state index in [1.165, 1.54) is 24.3 Å². The second-order valence-electron chi connectivity index (χ2n) is 3.12. The summed E-state index contributed by atoms with van der Waals surface area (Å²) in [5.74, 6) is -1.56. The predicted octanol–water partition coefficient (Wildman–Crippen LogP) is 0.737. The number of rotatable bonds is 3. The van der Waals surface area contributed by atoms with Gasteiger partial charge in [-0.15, -0.1) is 0 Å². The topological polar surface area (TPSA) is 83.5 Å². The largest absolute Gasteiger partial charge is 0.508 e. The zero-order valence-corrected chi connectivity index (χ0v) is 7.40. The molecule has 1 rings (SSSR count). The summed E-state index contributed by atoms with van der Waals surface area (Å²) in [5.41, 5.74) is 3.57. The van der Waals surface area contributed by atoms with Crippen molar-refractivity contribution < 1.29 is 19.1 Å². The molecule has 0 bridgehead atoms. The molecule has 0 saturated heterocycles. The second-order valence-corrected chi connectivity index (χ2v) is 3.12. The van der Waals surface area contributed by atoms with E-state index in [0.717, 1.165) is 0 Å². The summed E-state index contributed by atoms with van der Waals surface area (Å²) in [5, 5.41) is 18.0. The lowest BCUT2D eigenvalue weighted by molar-refractivity contribution is -0.142. The summed E-state index contributed by atoms with van der Waals surface area (Å²) in [4.78, 5) is 11.0. The van der Waals surface area contributed by atoms with E-state index < -0.39 is 18.4 Å². The van der Waals surface area contributed by atoms with Crippen molar-refractivity contribution >= 4 is 5.97 Å². The Morgan fingerprint density at radius 1 is 1.57 bits per heavy atom. The number of phenolic OH excluding ortho intramolecular Hbond substituents is 1. The maximum absolute atomic E-state index is 11.0. The molecule has 4 nitrogen and oxygen atoms in total. The van der Waals surface area contributed by atoms with Gasteiger partial charge in [0.1, 0.15) is 11.3 Å². The average Bonchev–Trinajstić information content (AvgIpc) is 2.19. The Balaban J connectivity index is 3.04. The van der Waals surface area contributed by atoms with Crippen LogP contribution in [0.2, 0.25) is 0 Å². The number of aliphatic carboxylic acids is 1. The highest BCUT2D eigenvalue weighted by Gasteiger charge is 2.27. The molecular formula is C10H13NO3. The van der Waals surface area contributed by atoms with Gasteiger partial charge in [-0.05, 0) is 24.5 Å². The molecule has 0 fully saturated rings. The summed E-state index contributed by atoms with van der Waals surface area (Å²) < 4.78 is 21.6. The third kappa shape index (κ3) is 2.47. The Hall–Kier alpha value is -1.55. The van der Waals surface area contributed by atoms with Crippen LogP contribution in [0.4, 0.5) is 0 Å². The summed E-state index contributed by atoms with van der Waals surface area (Å²) >= 11 is 0. The first-order valence-electron chi connectivity index (χ1n) is 5.47. The minimum atomic E-state index is -2.81. The lowest BCUT2D eigenvalue weighted by atomic mass is 9.94. The van der Waals surface area contributed by atoms with Crippen LogP contribution in [0.3, 0.4) is 0 Å². The quantitative estimate of drug-likeness (QED) is 0.668. The summed E-state index contributed by atoms with van der Waals surface area (Å²) in [6.45, 7) is -2.81. The van der Waals surface area contributed by atoms with Crippen molar-refractivity contribution in [2.75, 3.05) is 0 Å². The predicted molar refractivity (Wildman–Crippen MR) is 52.0 cm³/mol. The van der Waals surface area contributed by atoms with E-state index in [1.54, 1.807) is 0 Å². The molecule has 1 atom stereocenters. The Morgan fingerprint density at radius 3 is 2.57 bits per heavy atom. The molecule has 0 unspecified atom stereocenters. The van der Waals surface area contributed by atoms with Crippen LogP contribution in [0, 0.1) is 0 Å². The summed E-state index contributed by atoms with van der Waals surface area (Å²) in [6.07, 6.45) is -0.334. The molecule has 0 aliphatic heterocycles. The van der Waals surface area contributed by atoms with Gasteiger partial charge in [-0.3, -0.25) is 4.79 Å². The van der Waals surface area contributed by atoms with Gasteiger partial charge in [-0.25, -0.2) is 0 Å². The van der Waals surface area contributed by atoms with Crippen molar-refractivity contribution in [3.05, 3.63) is 29.8 Å². The molecule has 1 aromatic carbocycles. The first kappa shape index (κ1) is 6.84. The third-order valence-electron chi connectivity index (χ3n) is 1.80. The van der Waals surface area contributed by atoms with Crippen LogP contribution in [-0.2, 0) is 11.2 Å².